The van der Waals surface area contributed by atoms with Crippen molar-refractivity contribution in [2.45, 2.75) is 66.8 Å². The normalized spacial score (nSPS) is 12.6. The van der Waals surface area contributed by atoms with Crippen LogP contribution in [0.15, 0.2) is 14.0 Å². The van der Waals surface area contributed by atoms with Gasteiger partial charge in [-0.05, 0) is 27.2 Å². The zero-order valence-electron chi connectivity index (χ0n) is 17.2. The second-order valence-corrected chi connectivity index (χ2v) is 6.45. The Hall–Kier alpha value is -1.58. The van der Waals surface area contributed by atoms with Crippen molar-refractivity contribution >= 4 is 29.9 Å². The minimum absolute atomic E-state index is 0. The number of aryl methyl sites for hydroxylation is 4. The van der Waals surface area contributed by atoms with Crippen molar-refractivity contribution < 1.29 is 9.05 Å². The summed E-state index contributed by atoms with van der Waals surface area (Å²) in [7, 11) is 0. The average molecular weight is 489 g/mol. The number of hydrogen-bond donors (Lipinski definition) is 2. The van der Waals surface area contributed by atoms with E-state index in [0.29, 0.717) is 6.54 Å². The SMILES string of the molecule is CCNC(=NCc1c(CC)noc1CC)NCC(C)c1c(C)noc1C.I. The van der Waals surface area contributed by atoms with Gasteiger partial charge in [-0.25, -0.2) is 4.99 Å². The fourth-order valence-corrected chi connectivity index (χ4v) is 3.16. The smallest absolute Gasteiger partial charge is 0.191 e. The van der Waals surface area contributed by atoms with Crippen LogP contribution in [0.25, 0.3) is 0 Å². The van der Waals surface area contributed by atoms with Crippen molar-refractivity contribution in [1.29, 1.82) is 0 Å². The molecule has 2 N–H and O–H groups in total. The van der Waals surface area contributed by atoms with E-state index in [1.54, 1.807) is 0 Å². The molecule has 2 rings (SSSR count). The van der Waals surface area contributed by atoms with Crippen LogP contribution in [0.3, 0.4) is 0 Å². The predicted octanol–water partition coefficient (Wildman–Crippen LogP) is 3.88. The topological polar surface area (TPSA) is 88.5 Å². The largest absolute Gasteiger partial charge is 0.361 e. The molecule has 0 aliphatic heterocycles. The fraction of sp³-hybridized carbons (Fsp3) is 0.632. The summed E-state index contributed by atoms with van der Waals surface area (Å²) in [6.07, 6.45) is 1.67. The molecular formula is C19H32IN5O2. The third kappa shape index (κ3) is 5.95. The third-order valence-electron chi connectivity index (χ3n) is 4.50. The van der Waals surface area contributed by atoms with Crippen LogP contribution in [0, 0.1) is 13.8 Å². The van der Waals surface area contributed by atoms with Gasteiger partial charge in [0.15, 0.2) is 5.96 Å². The molecule has 27 heavy (non-hydrogen) atoms. The summed E-state index contributed by atoms with van der Waals surface area (Å²) in [5.41, 5.74) is 4.20. The Balaban J connectivity index is 0.00000364. The zero-order chi connectivity index (χ0) is 19.1. The molecule has 2 aromatic heterocycles. The molecule has 0 aromatic carbocycles. The van der Waals surface area contributed by atoms with Gasteiger partial charge in [0.25, 0.3) is 0 Å². The van der Waals surface area contributed by atoms with Crippen molar-refractivity contribution in [2.24, 2.45) is 4.99 Å². The van der Waals surface area contributed by atoms with Gasteiger partial charge in [-0.2, -0.15) is 0 Å². The molecule has 0 amide bonds. The Labute approximate surface area is 178 Å². The molecule has 0 radical (unpaired) electrons. The van der Waals surface area contributed by atoms with Crippen molar-refractivity contribution in [2.75, 3.05) is 13.1 Å². The number of guanidine groups is 1. The van der Waals surface area contributed by atoms with E-state index in [4.69, 9.17) is 14.0 Å². The molecule has 0 aliphatic carbocycles. The average Bonchev–Trinajstić information content (AvgIpc) is 3.19. The van der Waals surface area contributed by atoms with Crippen LogP contribution in [0.2, 0.25) is 0 Å². The molecular weight excluding hydrogens is 457 g/mol. The highest BCUT2D eigenvalue weighted by Gasteiger charge is 2.17. The molecule has 0 aliphatic rings. The van der Waals surface area contributed by atoms with Crippen molar-refractivity contribution in [3.05, 3.63) is 34.0 Å². The first kappa shape index (κ1) is 23.5. The lowest BCUT2D eigenvalue weighted by Gasteiger charge is -2.16. The summed E-state index contributed by atoms with van der Waals surface area (Å²) < 4.78 is 10.7. The van der Waals surface area contributed by atoms with Gasteiger partial charge < -0.3 is 19.7 Å². The van der Waals surface area contributed by atoms with Crippen LogP contribution in [0.5, 0.6) is 0 Å². The Kier molecular flexibility index (Phi) is 9.82. The summed E-state index contributed by atoms with van der Waals surface area (Å²) >= 11 is 0. The van der Waals surface area contributed by atoms with Crippen LogP contribution < -0.4 is 10.6 Å². The van der Waals surface area contributed by atoms with Gasteiger partial charge in [-0.3, -0.25) is 0 Å². The van der Waals surface area contributed by atoms with Crippen LogP contribution in [-0.2, 0) is 19.4 Å². The fourth-order valence-electron chi connectivity index (χ4n) is 3.16. The van der Waals surface area contributed by atoms with Gasteiger partial charge in [-0.1, -0.05) is 31.1 Å². The highest BCUT2D eigenvalue weighted by atomic mass is 127. The van der Waals surface area contributed by atoms with Gasteiger partial charge in [0.1, 0.15) is 11.5 Å². The molecule has 0 saturated heterocycles. The Morgan fingerprint density at radius 1 is 1.07 bits per heavy atom. The first-order valence-corrected chi connectivity index (χ1v) is 9.42. The number of aliphatic imine (C=N–C) groups is 1. The quantitative estimate of drug-likeness (QED) is 0.333. The van der Waals surface area contributed by atoms with Crippen molar-refractivity contribution in [3.8, 4) is 0 Å². The first-order valence-electron chi connectivity index (χ1n) is 9.42. The van der Waals surface area contributed by atoms with Crippen LogP contribution in [0.1, 0.15) is 67.6 Å². The monoisotopic (exact) mass is 489 g/mol. The third-order valence-corrected chi connectivity index (χ3v) is 4.50. The maximum Gasteiger partial charge on any atom is 0.191 e. The van der Waals surface area contributed by atoms with Crippen molar-refractivity contribution in [3.63, 3.8) is 0 Å². The molecule has 2 aromatic rings. The molecule has 0 spiro atoms. The molecule has 7 nitrogen and oxygen atoms in total. The summed E-state index contributed by atoms with van der Waals surface area (Å²) in [5.74, 6) is 2.86. The van der Waals surface area contributed by atoms with E-state index in [1.807, 2.05) is 13.8 Å². The van der Waals surface area contributed by atoms with Gasteiger partial charge in [0, 0.05) is 36.6 Å². The maximum atomic E-state index is 5.42. The molecule has 1 unspecified atom stereocenters. The lowest BCUT2D eigenvalue weighted by atomic mass is 10.00. The molecule has 0 fully saturated rings. The highest BCUT2D eigenvalue weighted by molar-refractivity contribution is 14.0. The number of rotatable bonds is 8. The van der Waals surface area contributed by atoms with E-state index in [-0.39, 0.29) is 29.9 Å². The Morgan fingerprint density at radius 3 is 2.37 bits per heavy atom. The Morgan fingerprint density at radius 2 is 1.81 bits per heavy atom. The predicted molar refractivity (Wildman–Crippen MR) is 118 cm³/mol. The molecule has 1 atom stereocenters. The van der Waals surface area contributed by atoms with E-state index in [0.717, 1.165) is 65.9 Å². The molecule has 8 heteroatoms. The van der Waals surface area contributed by atoms with E-state index >= 15 is 0 Å². The van der Waals surface area contributed by atoms with E-state index < -0.39 is 0 Å². The summed E-state index contributed by atoms with van der Waals surface area (Å²) in [6.45, 7) is 14.4. The molecule has 0 bridgehead atoms. The first-order chi connectivity index (χ1) is 12.5. The molecule has 0 saturated carbocycles. The van der Waals surface area contributed by atoms with Gasteiger partial charge in [-0.15, -0.1) is 24.0 Å². The standard InChI is InChI=1S/C19H31N5O2.HI/c1-7-16-15(17(8-2)26-24-16)11-22-19(20-9-3)21-10-12(4)18-13(5)23-25-14(18)6;/h12H,7-11H2,1-6H3,(H2,20,21,22);1H. The number of halogens is 1. The number of nitrogens with one attached hydrogen (secondary N) is 2. The van der Waals surface area contributed by atoms with Crippen LogP contribution >= 0.6 is 24.0 Å². The number of nitrogens with zero attached hydrogens (tertiary/aromatic N) is 3. The summed E-state index contributed by atoms with van der Waals surface area (Å²) in [6, 6.07) is 0. The summed E-state index contributed by atoms with van der Waals surface area (Å²) in [5, 5.41) is 14.9. The highest BCUT2D eigenvalue weighted by Crippen LogP contribution is 2.22. The van der Waals surface area contributed by atoms with Crippen molar-refractivity contribution in [1.82, 2.24) is 20.9 Å². The second-order valence-electron chi connectivity index (χ2n) is 6.45. The van der Waals surface area contributed by atoms with E-state index in [1.165, 1.54) is 0 Å². The number of hydrogen-bond acceptors (Lipinski definition) is 5. The van der Waals surface area contributed by atoms with Gasteiger partial charge >= 0.3 is 0 Å². The molecule has 152 valence electrons. The van der Waals surface area contributed by atoms with Crippen LogP contribution in [-0.4, -0.2) is 29.4 Å². The zero-order valence-corrected chi connectivity index (χ0v) is 19.5. The van der Waals surface area contributed by atoms with E-state index in [9.17, 15) is 0 Å². The summed E-state index contributed by atoms with van der Waals surface area (Å²) in [4.78, 5) is 4.73. The number of aromatic nitrogens is 2. The lowest BCUT2D eigenvalue weighted by Crippen LogP contribution is -2.39. The van der Waals surface area contributed by atoms with Gasteiger partial charge in [0.2, 0.25) is 0 Å². The molecule has 2 heterocycles. The van der Waals surface area contributed by atoms with Gasteiger partial charge in [0.05, 0.1) is 17.9 Å². The lowest BCUT2D eigenvalue weighted by molar-refractivity contribution is 0.380. The van der Waals surface area contributed by atoms with Crippen LogP contribution in [0.4, 0.5) is 0 Å². The maximum absolute atomic E-state index is 5.42. The van der Waals surface area contributed by atoms with E-state index in [2.05, 4.69) is 48.6 Å². The Bertz CT molecular complexity index is 698. The second kappa shape index (κ2) is 11.3. The minimum Gasteiger partial charge on any atom is -0.361 e. The minimum atomic E-state index is 0.